The van der Waals surface area contributed by atoms with Crippen molar-refractivity contribution in [1.29, 1.82) is 5.41 Å². The number of likely N-dealkylation sites (N-methyl/N-ethyl adjacent to an activating group) is 2. The van der Waals surface area contributed by atoms with Crippen LogP contribution in [0.25, 0.3) is 5.52 Å². The molecule has 2 heterocycles. The molecule has 0 saturated carbocycles. The highest BCUT2D eigenvalue weighted by molar-refractivity contribution is 5.94. The van der Waals surface area contributed by atoms with Crippen LogP contribution in [0.15, 0.2) is 65.6 Å². The van der Waals surface area contributed by atoms with Crippen molar-refractivity contribution >= 4 is 29.0 Å². The van der Waals surface area contributed by atoms with Gasteiger partial charge in [-0.2, -0.15) is 0 Å². The largest absolute Gasteiger partial charge is 0.481 e. The molecule has 3 aromatic rings. The Hall–Kier alpha value is -4.34. The van der Waals surface area contributed by atoms with Crippen molar-refractivity contribution < 1.29 is 14.7 Å². The van der Waals surface area contributed by atoms with Crippen LogP contribution in [0.1, 0.15) is 28.4 Å². The average Bonchev–Trinajstić information content (AvgIpc) is 2.81. The molecule has 0 aliphatic heterocycles. The summed E-state index contributed by atoms with van der Waals surface area (Å²) in [5.41, 5.74) is 7.00. The fraction of sp³-hybridized carbons (Fsp3) is 0.250. The molecule has 1 atom stereocenters. The fourth-order valence-electron chi connectivity index (χ4n) is 3.50. The first-order valence-electron chi connectivity index (χ1n) is 10.7. The number of benzene rings is 1. The zero-order valence-electron chi connectivity index (χ0n) is 19.1. The molecule has 0 saturated heterocycles. The minimum Gasteiger partial charge on any atom is -0.481 e. The normalized spacial score (nSPS) is 11.6. The summed E-state index contributed by atoms with van der Waals surface area (Å²) in [6.45, 7) is 1.17. The van der Waals surface area contributed by atoms with Crippen molar-refractivity contribution in [3.8, 4) is 0 Å². The van der Waals surface area contributed by atoms with Crippen molar-refractivity contribution in [1.82, 2.24) is 14.6 Å². The van der Waals surface area contributed by atoms with Gasteiger partial charge in [-0.25, -0.2) is 0 Å². The number of rotatable bonds is 9. The summed E-state index contributed by atoms with van der Waals surface area (Å²) in [6.07, 6.45) is 1.29. The molecule has 3 rings (SSSR count). The molecule has 0 radical (unpaired) electrons. The number of pyridine rings is 2. The monoisotopic (exact) mass is 464 g/mol. The second kappa shape index (κ2) is 10.5. The molecular formula is C24H28N6O4. The summed E-state index contributed by atoms with van der Waals surface area (Å²) in [5, 5.41) is 19.4. The van der Waals surface area contributed by atoms with E-state index >= 15 is 0 Å². The van der Waals surface area contributed by atoms with Crippen LogP contribution in [0.3, 0.4) is 0 Å². The van der Waals surface area contributed by atoms with E-state index in [1.54, 1.807) is 60.6 Å². The van der Waals surface area contributed by atoms with Crippen molar-refractivity contribution in [2.24, 2.45) is 5.73 Å². The van der Waals surface area contributed by atoms with Gasteiger partial charge in [0.1, 0.15) is 5.56 Å². The Morgan fingerprint density at radius 3 is 2.47 bits per heavy atom. The summed E-state index contributed by atoms with van der Waals surface area (Å²) in [6, 6.07) is 14.7. The second-order valence-electron chi connectivity index (χ2n) is 7.99. The van der Waals surface area contributed by atoms with Gasteiger partial charge in [0.25, 0.3) is 11.5 Å². The number of carbonyl (C=O) groups is 2. The highest BCUT2D eigenvalue weighted by Gasteiger charge is 2.21. The lowest BCUT2D eigenvalue weighted by molar-refractivity contribution is -0.137. The van der Waals surface area contributed by atoms with Crippen molar-refractivity contribution in [2.75, 3.05) is 32.1 Å². The smallest absolute Gasteiger partial charge is 0.305 e. The lowest BCUT2D eigenvalue weighted by Crippen LogP contribution is -2.38. The topological polar surface area (TPSA) is 144 Å². The molecule has 0 aliphatic rings. The number of amides is 1. The number of anilines is 1. The number of carboxylic acid groups (broad SMARTS) is 1. The maximum atomic E-state index is 13.0. The summed E-state index contributed by atoms with van der Waals surface area (Å²) in [5.74, 6) is -1.71. The van der Waals surface area contributed by atoms with Crippen LogP contribution in [-0.2, 0) is 4.79 Å². The Morgan fingerprint density at radius 1 is 1.12 bits per heavy atom. The van der Waals surface area contributed by atoms with E-state index in [9.17, 15) is 19.5 Å². The van der Waals surface area contributed by atoms with Crippen LogP contribution in [0, 0.1) is 5.41 Å². The first-order chi connectivity index (χ1) is 16.2. The van der Waals surface area contributed by atoms with E-state index in [-0.39, 0.29) is 17.9 Å². The minimum absolute atomic E-state index is 0.0119. The molecule has 1 amide bonds. The Kier molecular flexibility index (Phi) is 7.52. The number of fused-ring (bicyclic) bond motifs is 1. The van der Waals surface area contributed by atoms with E-state index in [4.69, 9.17) is 11.1 Å². The predicted molar refractivity (Wildman–Crippen MR) is 130 cm³/mol. The molecule has 1 aromatic carbocycles. The van der Waals surface area contributed by atoms with Gasteiger partial charge in [-0.3, -0.25) is 24.2 Å². The zero-order chi connectivity index (χ0) is 24.8. The number of nitrogens with two attached hydrogens (primary N) is 1. The Balaban J connectivity index is 1.82. The van der Waals surface area contributed by atoms with E-state index < -0.39 is 23.5 Å². The number of aromatic nitrogens is 1. The van der Waals surface area contributed by atoms with Crippen LogP contribution in [-0.4, -0.2) is 59.4 Å². The summed E-state index contributed by atoms with van der Waals surface area (Å²) >= 11 is 0. The van der Waals surface area contributed by atoms with Gasteiger partial charge in [0.15, 0.2) is 5.96 Å². The van der Waals surface area contributed by atoms with Gasteiger partial charge in [0.05, 0.1) is 18.0 Å². The highest BCUT2D eigenvalue weighted by Crippen LogP contribution is 2.18. The molecule has 178 valence electrons. The minimum atomic E-state index is -1.06. The van der Waals surface area contributed by atoms with Gasteiger partial charge in [0.2, 0.25) is 0 Å². The molecule has 1 unspecified atom stereocenters. The van der Waals surface area contributed by atoms with Crippen LogP contribution < -0.4 is 21.5 Å². The van der Waals surface area contributed by atoms with Gasteiger partial charge >= 0.3 is 5.97 Å². The van der Waals surface area contributed by atoms with Crippen LogP contribution >= 0.6 is 0 Å². The molecule has 2 aromatic heterocycles. The van der Waals surface area contributed by atoms with Gasteiger partial charge in [-0.05, 0) is 29.8 Å². The second-order valence-corrected chi connectivity index (χ2v) is 7.99. The number of carbonyl (C=O) groups excluding carboxylic acids is 1. The number of hydrogen-bond donors (Lipinski definition) is 4. The third kappa shape index (κ3) is 5.71. The summed E-state index contributed by atoms with van der Waals surface area (Å²) in [4.78, 5) is 40.8. The SMILES string of the molecule is CN(CCN(C)c1ccn2c(=O)c(C(=O)NC(CC(=O)O)c3ccccc3)ccc2c1)C(=N)N. The van der Waals surface area contributed by atoms with E-state index in [0.717, 1.165) is 5.69 Å². The quantitative estimate of drug-likeness (QED) is 0.277. The Bertz CT molecular complexity index is 1260. The number of guanidine groups is 1. The lowest BCUT2D eigenvalue weighted by atomic mass is 10.0. The Morgan fingerprint density at radius 2 is 1.82 bits per heavy atom. The van der Waals surface area contributed by atoms with Crippen LogP contribution in [0.2, 0.25) is 0 Å². The molecule has 0 spiro atoms. The van der Waals surface area contributed by atoms with E-state index in [2.05, 4.69) is 5.32 Å². The zero-order valence-corrected chi connectivity index (χ0v) is 19.1. The van der Waals surface area contributed by atoms with Crippen LogP contribution in [0.4, 0.5) is 5.69 Å². The molecule has 0 aliphatic carbocycles. The first kappa shape index (κ1) is 24.3. The summed E-state index contributed by atoms with van der Waals surface area (Å²) in [7, 11) is 3.63. The maximum absolute atomic E-state index is 13.0. The maximum Gasteiger partial charge on any atom is 0.305 e. The third-order valence-electron chi connectivity index (χ3n) is 5.59. The number of carboxylic acids is 1. The van der Waals surface area contributed by atoms with Crippen molar-refractivity contribution in [3.63, 3.8) is 0 Å². The number of hydrogen-bond acceptors (Lipinski definition) is 5. The van der Waals surface area contributed by atoms with E-state index in [1.807, 2.05) is 18.0 Å². The average molecular weight is 465 g/mol. The summed E-state index contributed by atoms with van der Waals surface area (Å²) < 4.78 is 1.38. The van der Waals surface area contributed by atoms with Crippen molar-refractivity contribution in [3.05, 3.63) is 82.3 Å². The molecule has 34 heavy (non-hydrogen) atoms. The fourth-order valence-corrected chi connectivity index (χ4v) is 3.50. The van der Waals surface area contributed by atoms with Gasteiger partial charge in [0, 0.05) is 39.1 Å². The van der Waals surface area contributed by atoms with Crippen LogP contribution in [0.5, 0.6) is 0 Å². The molecular weight excluding hydrogens is 436 g/mol. The molecule has 5 N–H and O–H groups in total. The predicted octanol–water partition coefficient (Wildman–Crippen LogP) is 1.51. The number of aliphatic carboxylic acids is 1. The molecule has 10 heteroatoms. The Labute approximate surface area is 196 Å². The standard InChI is InChI=1S/C24H28N6O4/c1-28(12-13-29(2)24(25)26)17-10-11-30-18(14-17)8-9-19(23(30)34)22(33)27-20(15-21(31)32)16-6-4-3-5-7-16/h3-11,14,20H,12-13,15H2,1-2H3,(H3,25,26)(H,27,33)(H,31,32). The van der Waals surface area contributed by atoms with E-state index in [1.165, 1.54) is 10.5 Å². The highest BCUT2D eigenvalue weighted by atomic mass is 16.4. The van der Waals surface area contributed by atoms with Gasteiger partial charge in [-0.15, -0.1) is 0 Å². The lowest BCUT2D eigenvalue weighted by Gasteiger charge is -2.24. The van der Waals surface area contributed by atoms with Gasteiger partial charge in [-0.1, -0.05) is 30.3 Å². The van der Waals surface area contributed by atoms with E-state index in [0.29, 0.717) is 24.2 Å². The molecule has 0 bridgehead atoms. The first-order valence-corrected chi connectivity index (χ1v) is 10.7. The van der Waals surface area contributed by atoms with Gasteiger partial charge < -0.3 is 26.0 Å². The van der Waals surface area contributed by atoms with Crippen molar-refractivity contribution in [2.45, 2.75) is 12.5 Å². The molecule has 10 nitrogen and oxygen atoms in total. The molecule has 0 fully saturated rings. The number of nitrogens with zero attached hydrogens (tertiary/aromatic N) is 3. The third-order valence-corrected chi connectivity index (χ3v) is 5.59. The number of nitrogens with one attached hydrogen (secondary N) is 2.